The van der Waals surface area contributed by atoms with Crippen LogP contribution >= 0.6 is 0 Å². The molecule has 2 saturated carbocycles. The summed E-state index contributed by atoms with van der Waals surface area (Å²) in [5.41, 5.74) is 0. The van der Waals surface area contributed by atoms with E-state index >= 15 is 0 Å². The highest BCUT2D eigenvalue weighted by Crippen LogP contribution is 2.22. The lowest BCUT2D eigenvalue weighted by atomic mass is 10.2. The minimum absolute atomic E-state index is 0.211. The fourth-order valence-corrected chi connectivity index (χ4v) is 2.32. The Morgan fingerprint density at radius 3 is 2.41 bits per heavy atom. The number of nitrogens with one attached hydrogen (secondary N) is 2. The molecule has 2 aliphatic rings. The van der Waals surface area contributed by atoms with Crippen LogP contribution in [-0.4, -0.2) is 42.5 Å². The SMILES string of the molecule is CN(CC(=O)NC(=O)NC1CC1)C1CCCC1. The predicted octanol–water partition coefficient (Wildman–Crippen LogP) is 0.849. The molecule has 0 atom stereocenters. The molecule has 0 aromatic heterocycles. The fraction of sp³-hybridized carbons (Fsp3) is 0.833. The van der Waals surface area contributed by atoms with E-state index in [1.54, 1.807) is 0 Å². The van der Waals surface area contributed by atoms with Gasteiger partial charge in [0.05, 0.1) is 6.54 Å². The van der Waals surface area contributed by atoms with Crippen LogP contribution in [0.2, 0.25) is 0 Å². The van der Waals surface area contributed by atoms with Gasteiger partial charge in [-0.15, -0.1) is 0 Å². The molecule has 0 saturated heterocycles. The van der Waals surface area contributed by atoms with Crippen LogP contribution in [0.5, 0.6) is 0 Å². The molecule has 2 rings (SSSR count). The van der Waals surface area contributed by atoms with Crippen LogP contribution in [0.1, 0.15) is 38.5 Å². The second-order valence-electron chi connectivity index (χ2n) is 5.15. The molecule has 5 heteroatoms. The fourth-order valence-electron chi connectivity index (χ4n) is 2.32. The summed E-state index contributed by atoms with van der Waals surface area (Å²) in [5.74, 6) is -0.211. The lowest BCUT2D eigenvalue weighted by Crippen LogP contribution is -2.46. The van der Waals surface area contributed by atoms with E-state index in [0.717, 1.165) is 25.7 Å². The summed E-state index contributed by atoms with van der Waals surface area (Å²) in [6.07, 6.45) is 6.89. The maximum atomic E-state index is 11.6. The smallest absolute Gasteiger partial charge is 0.321 e. The van der Waals surface area contributed by atoms with Crippen molar-refractivity contribution >= 4 is 11.9 Å². The van der Waals surface area contributed by atoms with Gasteiger partial charge in [0, 0.05) is 12.1 Å². The van der Waals surface area contributed by atoms with Gasteiger partial charge in [-0.3, -0.25) is 15.0 Å². The first-order valence-corrected chi connectivity index (χ1v) is 6.46. The van der Waals surface area contributed by atoms with Gasteiger partial charge in [-0.2, -0.15) is 0 Å². The Morgan fingerprint density at radius 2 is 1.82 bits per heavy atom. The molecule has 0 aromatic rings. The predicted molar refractivity (Wildman–Crippen MR) is 64.6 cm³/mol. The number of nitrogens with zero attached hydrogens (tertiary/aromatic N) is 1. The van der Waals surface area contributed by atoms with Crippen LogP contribution in [0, 0.1) is 0 Å². The van der Waals surface area contributed by atoms with Crippen molar-refractivity contribution in [1.29, 1.82) is 0 Å². The van der Waals surface area contributed by atoms with Gasteiger partial charge in [-0.1, -0.05) is 12.8 Å². The third kappa shape index (κ3) is 4.00. The van der Waals surface area contributed by atoms with Gasteiger partial charge in [0.1, 0.15) is 0 Å². The van der Waals surface area contributed by atoms with E-state index in [2.05, 4.69) is 10.6 Å². The molecule has 2 fully saturated rings. The molecule has 2 N–H and O–H groups in total. The standard InChI is InChI=1S/C12H21N3O2/c1-15(10-4-2-3-5-10)8-11(16)14-12(17)13-9-6-7-9/h9-10H,2-8H2,1H3,(H2,13,14,16,17). The van der Waals surface area contributed by atoms with Gasteiger partial charge in [-0.25, -0.2) is 4.79 Å². The Bertz CT molecular complexity index is 296. The summed E-state index contributed by atoms with van der Waals surface area (Å²) in [6, 6.07) is 0.444. The third-order valence-electron chi connectivity index (χ3n) is 3.51. The zero-order valence-corrected chi connectivity index (χ0v) is 10.4. The van der Waals surface area contributed by atoms with Crippen molar-refractivity contribution in [1.82, 2.24) is 15.5 Å². The summed E-state index contributed by atoms with van der Waals surface area (Å²) in [6.45, 7) is 0.308. The summed E-state index contributed by atoms with van der Waals surface area (Å²) in [5, 5.41) is 5.11. The Balaban J connectivity index is 1.66. The van der Waals surface area contributed by atoms with Crippen LogP contribution in [-0.2, 0) is 4.79 Å². The van der Waals surface area contributed by atoms with Crippen LogP contribution in [0.15, 0.2) is 0 Å². The van der Waals surface area contributed by atoms with Gasteiger partial charge >= 0.3 is 6.03 Å². The van der Waals surface area contributed by atoms with Gasteiger partial charge in [0.15, 0.2) is 0 Å². The highest BCUT2D eigenvalue weighted by atomic mass is 16.2. The van der Waals surface area contributed by atoms with Crippen LogP contribution in [0.3, 0.4) is 0 Å². The number of carbonyl (C=O) groups excluding carboxylic acids is 2. The van der Waals surface area contributed by atoms with E-state index in [9.17, 15) is 9.59 Å². The van der Waals surface area contributed by atoms with E-state index in [-0.39, 0.29) is 18.0 Å². The molecule has 2 aliphatic carbocycles. The molecule has 0 bridgehead atoms. The molecule has 3 amide bonds. The maximum Gasteiger partial charge on any atom is 0.321 e. The second kappa shape index (κ2) is 5.49. The van der Waals surface area contributed by atoms with Gasteiger partial charge in [-0.05, 0) is 32.7 Å². The molecule has 0 spiro atoms. The Morgan fingerprint density at radius 1 is 1.18 bits per heavy atom. The Labute approximate surface area is 102 Å². The van der Waals surface area contributed by atoms with Gasteiger partial charge in [0.25, 0.3) is 0 Å². The molecule has 96 valence electrons. The first kappa shape index (κ1) is 12.4. The first-order valence-electron chi connectivity index (χ1n) is 6.46. The number of urea groups is 1. The zero-order chi connectivity index (χ0) is 12.3. The normalized spacial score (nSPS) is 20.6. The number of amides is 3. The quantitative estimate of drug-likeness (QED) is 0.764. The van der Waals surface area contributed by atoms with Crippen LogP contribution in [0.4, 0.5) is 4.79 Å². The molecule has 0 heterocycles. The molecular formula is C12H21N3O2. The van der Waals surface area contributed by atoms with Crippen molar-refractivity contribution in [2.24, 2.45) is 0 Å². The average Bonchev–Trinajstić information content (AvgIpc) is 2.90. The third-order valence-corrected chi connectivity index (χ3v) is 3.51. The maximum absolute atomic E-state index is 11.6. The monoisotopic (exact) mass is 239 g/mol. The highest BCUT2D eigenvalue weighted by molar-refractivity contribution is 5.95. The topological polar surface area (TPSA) is 61.4 Å². The van der Waals surface area contributed by atoms with Crippen LogP contribution < -0.4 is 10.6 Å². The Kier molecular flexibility index (Phi) is 3.99. The van der Waals surface area contributed by atoms with Crippen molar-refractivity contribution in [2.45, 2.75) is 50.6 Å². The molecular weight excluding hydrogens is 218 g/mol. The number of carbonyl (C=O) groups is 2. The minimum atomic E-state index is -0.350. The Hall–Kier alpha value is -1.10. The minimum Gasteiger partial charge on any atom is -0.335 e. The van der Waals surface area contributed by atoms with E-state index in [4.69, 9.17) is 0 Å². The van der Waals surface area contributed by atoms with Crippen molar-refractivity contribution in [3.8, 4) is 0 Å². The number of rotatable bonds is 4. The molecule has 17 heavy (non-hydrogen) atoms. The van der Waals surface area contributed by atoms with Crippen molar-refractivity contribution < 1.29 is 9.59 Å². The summed E-state index contributed by atoms with van der Waals surface area (Å²) < 4.78 is 0. The van der Waals surface area contributed by atoms with Gasteiger partial charge in [0.2, 0.25) is 5.91 Å². The van der Waals surface area contributed by atoms with Gasteiger partial charge < -0.3 is 5.32 Å². The van der Waals surface area contributed by atoms with E-state index in [1.807, 2.05) is 11.9 Å². The largest absolute Gasteiger partial charge is 0.335 e. The molecule has 0 unspecified atom stereocenters. The van der Waals surface area contributed by atoms with Crippen molar-refractivity contribution in [2.75, 3.05) is 13.6 Å². The second-order valence-corrected chi connectivity index (χ2v) is 5.15. The summed E-state index contributed by atoms with van der Waals surface area (Å²) in [7, 11) is 1.95. The number of hydrogen-bond donors (Lipinski definition) is 2. The van der Waals surface area contributed by atoms with E-state index in [1.165, 1.54) is 12.8 Å². The van der Waals surface area contributed by atoms with Crippen LogP contribution in [0.25, 0.3) is 0 Å². The first-order chi connectivity index (χ1) is 8.15. The average molecular weight is 239 g/mol. The molecule has 0 aliphatic heterocycles. The summed E-state index contributed by atoms with van der Waals surface area (Å²) >= 11 is 0. The van der Waals surface area contributed by atoms with Crippen molar-refractivity contribution in [3.05, 3.63) is 0 Å². The zero-order valence-electron chi connectivity index (χ0n) is 10.4. The number of hydrogen-bond acceptors (Lipinski definition) is 3. The van der Waals surface area contributed by atoms with E-state index < -0.39 is 0 Å². The lowest BCUT2D eigenvalue weighted by Gasteiger charge is -2.22. The molecule has 0 radical (unpaired) electrons. The summed E-state index contributed by atoms with van der Waals surface area (Å²) in [4.78, 5) is 25.0. The van der Waals surface area contributed by atoms with E-state index in [0.29, 0.717) is 12.6 Å². The molecule has 5 nitrogen and oxygen atoms in total. The molecule has 0 aromatic carbocycles. The number of imide groups is 1. The van der Waals surface area contributed by atoms with Crippen molar-refractivity contribution in [3.63, 3.8) is 0 Å². The highest BCUT2D eigenvalue weighted by Gasteiger charge is 2.25. The number of likely N-dealkylation sites (N-methyl/N-ethyl adjacent to an activating group) is 1. The lowest BCUT2D eigenvalue weighted by molar-refractivity contribution is -0.121.